The van der Waals surface area contributed by atoms with Gasteiger partial charge in [-0.2, -0.15) is 0 Å². The van der Waals surface area contributed by atoms with Crippen molar-refractivity contribution in [3.8, 4) is 5.75 Å². The van der Waals surface area contributed by atoms with E-state index in [-0.39, 0.29) is 27.7 Å². The van der Waals surface area contributed by atoms with E-state index in [0.29, 0.717) is 5.75 Å². The summed E-state index contributed by atoms with van der Waals surface area (Å²) in [4.78, 5) is 23.2. The van der Waals surface area contributed by atoms with Gasteiger partial charge >= 0.3 is 5.97 Å². The van der Waals surface area contributed by atoms with Crippen molar-refractivity contribution in [2.24, 2.45) is 0 Å². The van der Waals surface area contributed by atoms with Crippen molar-refractivity contribution >= 4 is 35.1 Å². The first-order valence-corrected chi connectivity index (χ1v) is 7.32. The lowest BCUT2D eigenvalue weighted by Gasteiger charge is -2.10. The molecule has 0 saturated carbocycles. The Balaban J connectivity index is 2.15. The Hall–Kier alpha value is -2.24. The highest BCUT2D eigenvalue weighted by atomic mass is 35.5. The molecule has 0 aromatic heterocycles. The molecule has 0 aliphatic rings. The number of carbonyl (C=O) groups is 2. The number of ether oxygens (including phenoxy) is 1. The van der Waals surface area contributed by atoms with E-state index in [1.165, 1.54) is 12.1 Å². The van der Waals surface area contributed by atoms with Crippen LogP contribution in [-0.2, 0) is 6.54 Å². The van der Waals surface area contributed by atoms with Crippen LogP contribution in [0.1, 0.15) is 26.3 Å². The van der Waals surface area contributed by atoms with Gasteiger partial charge in [-0.15, -0.1) is 0 Å². The van der Waals surface area contributed by atoms with Crippen LogP contribution < -0.4 is 10.1 Å². The fraction of sp³-hybridized carbons (Fsp3) is 0.125. The molecule has 0 saturated heterocycles. The molecule has 1 amide bonds. The lowest BCUT2D eigenvalue weighted by atomic mass is 10.1. The summed E-state index contributed by atoms with van der Waals surface area (Å²) in [5.74, 6) is -0.972. The monoisotopic (exact) mass is 353 g/mol. The van der Waals surface area contributed by atoms with E-state index in [9.17, 15) is 9.59 Å². The SMILES string of the molecule is COc1cccc(CNC(=O)c2ccc(C(=O)O)c(Cl)c2Cl)c1. The van der Waals surface area contributed by atoms with E-state index in [2.05, 4.69) is 5.32 Å². The Morgan fingerprint density at radius 3 is 2.43 bits per heavy atom. The molecule has 7 heteroatoms. The summed E-state index contributed by atoms with van der Waals surface area (Å²) >= 11 is 11.9. The lowest BCUT2D eigenvalue weighted by Crippen LogP contribution is -2.23. The fourth-order valence-corrected chi connectivity index (χ4v) is 2.45. The highest BCUT2D eigenvalue weighted by Crippen LogP contribution is 2.29. The largest absolute Gasteiger partial charge is 0.497 e. The molecule has 0 aliphatic heterocycles. The zero-order valence-electron chi connectivity index (χ0n) is 12.1. The second-order valence-corrected chi connectivity index (χ2v) is 5.38. The number of amides is 1. The normalized spacial score (nSPS) is 10.2. The maximum Gasteiger partial charge on any atom is 0.337 e. The molecule has 5 nitrogen and oxygen atoms in total. The van der Waals surface area contributed by atoms with Gasteiger partial charge in [0.1, 0.15) is 5.75 Å². The minimum atomic E-state index is -1.21. The molecule has 0 fully saturated rings. The molecule has 0 unspecified atom stereocenters. The van der Waals surface area contributed by atoms with Gasteiger partial charge in [-0.3, -0.25) is 4.79 Å². The third-order valence-corrected chi connectivity index (χ3v) is 4.03. The highest BCUT2D eigenvalue weighted by molar-refractivity contribution is 6.45. The average molecular weight is 354 g/mol. The number of carboxylic acids is 1. The Morgan fingerprint density at radius 1 is 1.13 bits per heavy atom. The summed E-state index contributed by atoms with van der Waals surface area (Å²) < 4.78 is 5.11. The quantitative estimate of drug-likeness (QED) is 0.860. The Kier molecular flexibility index (Phi) is 5.47. The third-order valence-electron chi connectivity index (χ3n) is 3.14. The zero-order chi connectivity index (χ0) is 17.0. The first-order chi connectivity index (χ1) is 10.9. The van der Waals surface area contributed by atoms with Gasteiger partial charge in [-0.05, 0) is 29.8 Å². The second-order valence-electron chi connectivity index (χ2n) is 4.63. The van der Waals surface area contributed by atoms with Crippen LogP contribution in [0.3, 0.4) is 0 Å². The topological polar surface area (TPSA) is 75.6 Å². The molecule has 2 aromatic rings. The van der Waals surface area contributed by atoms with Crippen molar-refractivity contribution in [1.82, 2.24) is 5.32 Å². The van der Waals surface area contributed by atoms with Gasteiger partial charge in [-0.1, -0.05) is 35.3 Å². The van der Waals surface area contributed by atoms with E-state index >= 15 is 0 Å². The van der Waals surface area contributed by atoms with Crippen LogP contribution in [-0.4, -0.2) is 24.1 Å². The van der Waals surface area contributed by atoms with Gasteiger partial charge in [0.25, 0.3) is 5.91 Å². The van der Waals surface area contributed by atoms with Crippen LogP contribution in [0.25, 0.3) is 0 Å². The molecule has 2 rings (SSSR count). The second kappa shape index (κ2) is 7.35. The molecule has 0 bridgehead atoms. The van der Waals surface area contributed by atoms with Crippen LogP contribution >= 0.6 is 23.2 Å². The van der Waals surface area contributed by atoms with Crippen molar-refractivity contribution in [3.05, 3.63) is 63.1 Å². The first-order valence-electron chi connectivity index (χ1n) is 6.56. The molecule has 2 N–H and O–H groups in total. The molecule has 2 aromatic carbocycles. The van der Waals surface area contributed by atoms with Gasteiger partial charge < -0.3 is 15.2 Å². The molecule has 120 valence electrons. The van der Waals surface area contributed by atoms with Gasteiger partial charge in [0.15, 0.2) is 0 Å². The van der Waals surface area contributed by atoms with Gasteiger partial charge in [-0.25, -0.2) is 4.79 Å². The number of rotatable bonds is 5. The Morgan fingerprint density at radius 2 is 1.78 bits per heavy atom. The predicted octanol–water partition coefficient (Wildman–Crippen LogP) is 3.63. The predicted molar refractivity (Wildman–Crippen MR) is 87.6 cm³/mol. The summed E-state index contributed by atoms with van der Waals surface area (Å²) in [6.07, 6.45) is 0. The van der Waals surface area contributed by atoms with Crippen molar-refractivity contribution in [2.45, 2.75) is 6.54 Å². The maximum atomic E-state index is 12.2. The van der Waals surface area contributed by atoms with Crippen molar-refractivity contribution in [3.63, 3.8) is 0 Å². The number of carbonyl (C=O) groups excluding carboxylic acids is 1. The van der Waals surface area contributed by atoms with Crippen molar-refractivity contribution in [1.29, 1.82) is 0 Å². The number of aromatic carboxylic acids is 1. The molecule has 0 aliphatic carbocycles. The summed E-state index contributed by atoms with van der Waals surface area (Å²) in [5, 5.41) is 11.4. The third kappa shape index (κ3) is 3.94. The van der Waals surface area contributed by atoms with Gasteiger partial charge in [0, 0.05) is 6.54 Å². The van der Waals surface area contributed by atoms with E-state index in [1.54, 1.807) is 19.2 Å². The Bertz CT molecular complexity index is 762. The van der Waals surface area contributed by atoms with E-state index < -0.39 is 11.9 Å². The highest BCUT2D eigenvalue weighted by Gasteiger charge is 2.18. The minimum Gasteiger partial charge on any atom is -0.497 e. The van der Waals surface area contributed by atoms with Gasteiger partial charge in [0.2, 0.25) is 0 Å². The minimum absolute atomic E-state index is 0.0882. The molecule has 23 heavy (non-hydrogen) atoms. The number of halogens is 2. The van der Waals surface area contributed by atoms with Crippen LogP contribution in [0.4, 0.5) is 0 Å². The smallest absolute Gasteiger partial charge is 0.337 e. The number of carboxylic acid groups (broad SMARTS) is 1. The summed E-state index contributed by atoms with van der Waals surface area (Å²) in [5.41, 5.74) is 0.813. The molecular formula is C16H13Cl2NO4. The Labute approximate surface area is 142 Å². The number of methoxy groups -OCH3 is 1. The van der Waals surface area contributed by atoms with Crippen LogP contribution in [0.2, 0.25) is 10.0 Å². The lowest BCUT2D eigenvalue weighted by molar-refractivity contribution is 0.0696. The fourth-order valence-electron chi connectivity index (χ4n) is 1.95. The zero-order valence-corrected chi connectivity index (χ0v) is 13.6. The summed E-state index contributed by atoms with van der Waals surface area (Å²) in [6.45, 7) is 0.269. The first kappa shape index (κ1) is 17.1. The summed E-state index contributed by atoms with van der Waals surface area (Å²) in [7, 11) is 1.56. The van der Waals surface area contributed by atoms with Crippen molar-refractivity contribution in [2.75, 3.05) is 7.11 Å². The molecule has 0 spiro atoms. The number of nitrogens with one attached hydrogen (secondary N) is 1. The van der Waals surface area contributed by atoms with Crippen LogP contribution in [0, 0.1) is 0 Å². The van der Waals surface area contributed by atoms with E-state index in [0.717, 1.165) is 5.56 Å². The summed E-state index contributed by atoms with van der Waals surface area (Å²) in [6, 6.07) is 9.82. The molecule has 0 atom stereocenters. The number of hydrogen-bond acceptors (Lipinski definition) is 3. The maximum absolute atomic E-state index is 12.2. The molecule has 0 heterocycles. The number of hydrogen-bond donors (Lipinski definition) is 2. The van der Waals surface area contributed by atoms with Crippen LogP contribution in [0.5, 0.6) is 5.75 Å². The van der Waals surface area contributed by atoms with Crippen molar-refractivity contribution < 1.29 is 19.4 Å². The average Bonchev–Trinajstić information content (AvgIpc) is 2.55. The van der Waals surface area contributed by atoms with E-state index in [1.807, 2.05) is 12.1 Å². The molecule has 0 radical (unpaired) electrons. The van der Waals surface area contributed by atoms with Crippen LogP contribution in [0.15, 0.2) is 36.4 Å². The van der Waals surface area contributed by atoms with Gasteiger partial charge in [0.05, 0.1) is 28.3 Å². The van der Waals surface area contributed by atoms with E-state index in [4.69, 9.17) is 33.0 Å². The molecular weight excluding hydrogens is 341 g/mol. The number of benzene rings is 2. The standard InChI is InChI=1S/C16H13Cl2NO4/c1-23-10-4-2-3-9(7-10)8-19-15(20)11-5-6-12(16(21)22)14(18)13(11)17/h2-7H,8H2,1H3,(H,19,20)(H,21,22).